The third-order valence-corrected chi connectivity index (χ3v) is 19.5. The van der Waals surface area contributed by atoms with Crippen molar-refractivity contribution in [1.82, 2.24) is 0 Å². The van der Waals surface area contributed by atoms with Crippen molar-refractivity contribution in [2.75, 3.05) is 39.6 Å². The lowest BCUT2D eigenvalue weighted by Crippen LogP contribution is -2.30. The summed E-state index contributed by atoms with van der Waals surface area (Å²) in [6.07, 6.45) is 82.5. The van der Waals surface area contributed by atoms with Gasteiger partial charge in [-0.05, 0) is 103 Å². The summed E-state index contributed by atoms with van der Waals surface area (Å²) in [5.41, 5.74) is 0. The molecule has 0 aliphatic carbocycles. The molecule has 104 heavy (non-hydrogen) atoms. The van der Waals surface area contributed by atoms with E-state index in [9.17, 15) is 43.2 Å². The summed E-state index contributed by atoms with van der Waals surface area (Å²) in [6, 6.07) is 0. The number of phosphoric ester groups is 2. The zero-order valence-corrected chi connectivity index (χ0v) is 67.7. The van der Waals surface area contributed by atoms with Gasteiger partial charge in [-0.25, -0.2) is 9.13 Å². The molecule has 17 nitrogen and oxygen atoms in total. The number of carbonyl (C=O) groups excluding carboxylic acids is 4. The second kappa shape index (κ2) is 77.1. The molecule has 0 spiro atoms. The minimum atomic E-state index is -4.99. The zero-order chi connectivity index (χ0) is 76.0. The number of hydrogen-bond acceptors (Lipinski definition) is 15. The third kappa shape index (κ3) is 76.2. The number of carbonyl (C=O) groups is 4. The van der Waals surface area contributed by atoms with E-state index in [1.54, 1.807) is 0 Å². The van der Waals surface area contributed by atoms with Gasteiger partial charge < -0.3 is 33.8 Å². The van der Waals surface area contributed by atoms with Crippen molar-refractivity contribution in [3.63, 3.8) is 0 Å². The van der Waals surface area contributed by atoms with E-state index >= 15 is 0 Å². The van der Waals surface area contributed by atoms with Crippen molar-refractivity contribution in [2.45, 2.75) is 380 Å². The fourth-order valence-electron chi connectivity index (χ4n) is 11.2. The van der Waals surface area contributed by atoms with E-state index in [0.717, 1.165) is 89.9 Å². The molecular formula is C85H150O17P2. The predicted octanol–water partition coefficient (Wildman–Crippen LogP) is 24.3. The van der Waals surface area contributed by atoms with Gasteiger partial charge in [-0.3, -0.25) is 37.3 Å². The van der Waals surface area contributed by atoms with E-state index in [0.29, 0.717) is 38.5 Å². The van der Waals surface area contributed by atoms with Crippen LogP contribution >= 0.6 is 15.6 Å². The van der Waals surface area contributed by atoms with Gasteiger partial charge in [0.15, 0.2) is 12.2 Å². The number of allylic oxidation sites excluding steroid dienone is 16. The molecule has 0 saturated heterocycles. The number of phosphoric acid groups is 2. The van der Waals surface area contributed by atoms with Gasteiger partial charge in [0.2, 0.25) is 0 Å². The summed E-state index contributed by atoms with van der Waals surface area (Å²) in [5, 5.41) is 10.6. The maximum atomic E-state index is 13.1. The van der Waals surface area contributed by atoms with E-state index in [1.807, 2.05) is 24.3 Å². The highest BCUT2D eigenvalue weighted by Gasteiger charge is 2.30. The van der Waals surface area contributed by atoms with Crippen molar-refractivity contribution in [3.8, 4) is 0 Å². The van der Waals surface area contributed by atoms with Gasteiger partial charge in [0.25, 0.3) is 0 Å². The largest absolute Gasteiger partial charge is 0.472 e. The van der Waals surface area contributed by atoms with Gasteiger partial charge >= 0.3 is 39.5 Å². The molecule has 0 aromatic rings. The zero-order valence-electron chi connectivity index (χ0n) is 65.9. The van der Waals surface area contributed by atoms with Crippen LogP contribution in [0.4, 0.5) is 0 Å². The number of unbranched alkanes of at least 4 members (excludes halogenated alkanes) is 36. The van der Waals surface area contributed by atoms with Crippen molar-refractivity contribution in [3.05, 3.63) is 97.2 Å². The lowest BCUT2D eigenvalue weighted by Gasteiger charge is -2.21. The van der Waals surface area contributed by atoms with Crippen LogP contribution in [0.3, 0.4) is 0 Å². The highest BCUT2D eigenvalue weighted by molar-refractivity contribution is 7.47. The van der Waals surface area contributed by atoms with Crippen LogP contribution in [0.2, 0.25) is 0 Å². The lowest BCUT2D eigenvalue weighted by molar-refractivity contribution is -0.161. The van der Waals surface area contributed by atoms with Crippen LogP contribution in [-0.2, 0) is 65.4 Å². The van der Waals surface area contributed by atoms with Crippen LogP contribution in [0.15, 0.2) is 97.2 Å². The Kier molecular flexibility index (Phi) is 74.2. The van der Waals surface area contributed by atoms with Crippen LogP contribution < -0.4 is 0 Å². The molecule has 0 aromatic carbocycles. The summed E-state index contributed by atoms with van der Waals surface area (Å²) < 4.78 is 68.6. The van der Waals surface area contributed by atoms with Crippen LogP contribution in [0.5, 0.6) is 0 Å². The smallest absolute Gasteiger partial charge is 0.462 e. The van der Waals surface area contributed by atoms with E-state index in [2.05, 4.69) is 101 Å². The van der Waals surface area contributed by atoms with Crippen molar-refractivity contribution in [1.29, 1.82) is 0 Å². The third-order valence-electron chi connectivity index (χ3n) is 17.6. The van der Waals surface area contributed by atoms with Gasteiger partial charge in [0.05, 0.1) is 26.4 Å². The molecule has 5 atom stereocenters. The number of rotatable bonds is 78. The first-order valence-corrected chi connectivity index (χ1v) is 44.5. The Labute approximate surface area is 633 Å². The monoisotopic (exact) mass is 1510 g/mol. The van der Waals surface area contributed by atoms with Crippen LogP contribution in [0.25, 0.3) is 0 Å². The number of hydrogen-bond donors (Lipinski definition) is 3. The SMILES string of the molecule is CCCCC/C=C\C/C=C\C/C=C\C/C=C\CCCC(=O)O[C@H](COC(=O)CCCCCCCCCCCCCCC)COP(=O)(O)OC[C@@H](O)COP(=O)(O)OC[C@@H](COC(=O)CCCCCCCCCCCCCCCCCCC)OC(=O)CCC/C=C\C/C=C\C/C=C\C/C=C\CCCCC. The van der Waals surface area contributed by atoms with E-state index in [-0.39, 0.29) is 25.7 Å². The minimum Gasteiger partial charge on any atom is -0.462 e. The number of ether oxygens (including phenoxy) is 4. The van der Waals surface area contributed by atoms with Gasteiger partial charge in [0, 0.05) is 25.7 Å². The fourth-order valence-corrected chi connectivity index (χ4v) is 12.8. The van der Waals surface area contributed by atoms with Crippen molar-refractivity contribution >= 4 is 39.5 Å². The molecule has 0 saturated carbocycles. The Morgan fingerprint density at radius 3 is 0.750 bits per heavy atom. The Morgan fingerprint density at radius 1 is 0.269 bits per heavy atom. The van der Waals surface area contributed by atoms with Gasteiger partial charge in [-0.1, -0.05) is 330 Å². The van der Waals surface area contributed by atoms with Crippen LogP contribution in [0, 0.1) is 0 Å². The van der Waals surface area contributed by atoms with Gasteiger partial charge in [-0.2, -0.15) is 0 Å². The number of aliphatic hydroxyl groups is 1. The fraction of sp³-hybridized carbons (Fsp3) is 0.765. The molecule has 0 aliphatic rings. The normalized spacial score (nSPS) is 14.3. The van der Waals surface area contributed by atoms with Crippen molar-refractivity contribution in [2.24, 2.45) is 0 Å². The molecule has 0 rings (SSSR count). The maximum absolute atomic E-state index is 13.1. The molecule has 3 N–H and O–H groups in total. The van der Waals surface area contributed by atoms with Crippen LogP contribution in [-0.4, -0.2) is 96.7 Å². The average molecular weight is 1510 g/mol. The molecule has 0 radical (unpaired) electrons. The molecule has 0 amide bonds. The van der Waals surface area contributed by atoms with E-state index in [4.69, 9.17) is 37.0 Å². The standard InChI is InChI=1S/C85H150O17P2/c1-5-9-13-17-21-25-29-33-36-39-42-46-50-54-58-62-66-70-83(88)96-76-81(102-85(90)72-68-64-60-56-52-48-44-41-38-35-31-27-23-19-15-11-7-3)78-100-104(93,94)98-74-79(86)73-97-103(91,92)99-77-80(75-95-82(87)69-65-61-57-53-49-45-32-28-24-20-16-12-8-4)101-84(89)71-67-63-59-55-51-47-43-40-37-34-30-26-22-18-14-10-6-2/h22-23,26-27,34-35,37-38,43-44,47-48,55-56,59-60,79-81,86H,5-21,24-25,28-33,36,39-42,45-46,49-54,57-58,61-78H2,1-4H3,(H,91,92)(H,93,94)/b26-22-,27-23-,37-34-,38-35-,47-43-,48-44-,59-55-,60-56-/t79-,80-,81-/m1/s1. The summed E-state index contributed by atoms with van der Waals surface area (Å²) >= 11 is 0. The minimum absolute atomic E-state index is 0.0199. The molecule has 19 heteroatoms. The Balaban J connectivity index is 5.43. The first kappa shape index (κ1) is 100.0. The second-order valence-electron chi connectivity index (χ2n) is 27.7. The van der Waals surface area contributed by atoms with Crippen LogP contribution in [0.1, 0.15) is 362 Å². The molecule has 0 fully saturated rings. The van der Waals surface area contributed by atoms with Gasteiger partial charge in [0.1, 0.15) is 19.3 Å². The quantitative estimate of drug-likeness (QED) is 0.0169. The van der Waals surface area contributed by atoms with E-state index in [1.165, 1.54) is 180 Å². The topological polar surface area (TPSA) is 237 Å². The first-order valence-electron chi connectivity index (χ1n) is 41.5. The van der Waals surface area contributed by atoms with E-state index < -0.39 is 97.5 Å². The molecule has 0 heterocycles. The Hall–Kier alpha value is -4.02. The Morgan fingerprint density at radius 2 is 0.481 bits per heavy atom. The Bertz CT molecular complexity index is 2350. The summed E-state index contributed by atoms with van der Waals surface area (Å²) in [5.74, 6) is -2.28. The number of aliphatic hydroxyl groups excluding tert-OH is 1. The number of esters is 4. The second-order valence-corrected chi connectivity index (χ2v) is 30.6. The molecule has 0 aliphatic heterocycles. The maximum Gasteiger partial charge on any atom is 0.472 e. The molecular weight excluding hydrogens is 1350 g/mol. The summed E-state index contributed by atoms with van der Waals surface area (Å²) in [4.78, 5) is 73.0. The molecule has 2 unspecified atom stereocenters. The average Bonchev–Trinajstić information content (AvgIpc) is 0.911. The highest BCUT2D eigenvalue weighted by atomic mass is 31.2. The first-order chi connectivity index (χ1) is 50.7. The van der Waals surface area contributed by atoms with Crippen molar-refractivity contribution < 1.29 is 80.2 Å². The lowest BCUT2D eigenvalue weighted by atomic mass is 10.0. The highest BCUT2D eigenvalue weighted by Crippen LogP contribution is 2.45. The molecule has 0 aromatic heterocycles. The predicted molar refractivity (Wildman–Crippen MR) is 427 cm³/mol. The van der Waals surface area contributed by atoms with Gasteiger partial charge in [-0.15, -0.1) is 0 Å². The summed E-state index contributed by atoms with van der Waals surface area (Å²) in [6.45, 7) is 4.76. The molecule has 602 valence electrons. The molecule has 0 bridgehead atoms. The summed E-state index contributed by atoms with van der Waals surface area (Å²) in [7, 11) is -9.99.